The fraction of sp³-hybridized carbons (Fsp3) is 0.538. The first-order chi connectivity index (χ1) is 10.4. The summed E-state index contributed by atoms with van der Waals surface area (Å²) in [5, 5.41) is 15.9. The fourth-order valence-electron chi connectivity index (χ4n) is 1.76. The van der Waals surface area contributed by atoms with Crippen molar-refractivity contribution in [3.8, 4) is 0 Å². The van der Waals surface area contributed by atoms with Gasteiger partial charge in [0.2, 0.25) is 5.91 Å². The zero-order chi connectivity index (χ0) is 16.3. The Morgan fingerprint density at radius 3 is 2.59 bits per heavy atom. The predicted octanol–water partition coefficient (Wildman–Crippen LogP) is 3.12. The molecule has 0 spiro atoms. The maximum atomic E-state index is 12.1. The largest absolute Gasteiger partial charge is 0.322 e. The minimum absolute atomic E-state index is 0.0579. The number of amides is 1. The Morgan fingerprint density at radius 1 is 1.32 bits per heavy atom. The molecule has 0 aliphatic carbocycles. The van der Waals surface area contributed by atoms with E-state index in [1.165, 1.54) is 23.1 Å². The second kappa shape index (κ2) is 7.47. The van der Waals surface area contributed by atoms with Crippen LogP contribution >= 0.6 is 34.9 Å². The Hall–Kier alpha value is -1.06. The Labute approximate surface area is 142 Å². The molecule has 2 aromatic heterocycles. The number of rotatable bonds is 6. The summed E-state index contributed by atoms with van der Waals surface area (Å²) in [5.74, 6) is 0.256. The third-order valence-electron chi connectivity index (χ3n) is 2.82. The van der Waals surface area contributed by atoms with E-state index in [0.717, 1.165) is 25.8 Å². The van der Waals surface area contributed by atoms with Crippen LogP contribution in [0, 0.1) is 13.8 Å². The number of hydrogen-bond donors (Lipinski definition) is 1. The minimum atomic E-state index is -0.0579. The molecule has 0 aromatic carbocycles. The van der Waals surface area contributed by atoms with Crippen LogP contribution in [-0.4, -0.2) is 36.9 Å². The van der Waals surface area contributed by atoms with E-state index < -0.39 is 0 Å². The highest BCUT2D eigenvalue weighted by atomic mass is 32.2. The van der Waals surface area contributed by atoms with E-state index in [0.29, 0.717) is 11.0 Å². The van der Waals surface area contributed by atoms with Gasteiger partial charge in [-0.3, -0.25) is 9.48 Å². The van der Waals surface area contributed by atoms with E-state index in [9.17, 15) is 4.79 Å². The molecule has 0 aliphatic heterocycles. The summed E-state index contributed by atoms with van der Waals surface area (Å²) in [6.07, 6.45) is 0. The predicted molar refractivity (Wildman–Crippen MR) is 92.9 cm³/mol. The zero-order valence-electron chi connectivity index (χ0n) is 13.2. The molecule has 0 bridgehead atoms. The first kappa shape index (κ1) is 17.3. The average Bonchev–Trinajstić information content (AvgIpc) is 2.96. The molecule has 22 heavy (non-hydrogen) atoms. The summed E-state index contributed by atoms with van der Waals surface area (Å²) in [5.41, 5.74) is 2.56. The lowest BCUT2D eigenvalue weighted by Gasteiger charge is -2.04. The molecule has 0 fully saturated rings. The second-order valence-electron chi connectivity index (χ2n) is 5.01. The van der Waals surface area contributed by atoms with Crippen LogP contribution < -0.4 is 5.32 Å². The van der Waals surface area contributed by atoms with E-state index in [1.54, 1.807) is 16.4 Å². The van der Waals surface area contributed by atoms with E-state index >= 15 is 0 Å². The average molecular weight is 358 g/mol. The number of aromatic nitrogens is 4. The molecule has 2 heterocycles. The molecule has 0 unspecified atom stereocenters. The minimum Gasteiger partial charge on any atom is -0.322 e. The van der Waals surface area contributed by atoms with Crippen LogP contribution in [0.4, 0.5) is 5.69 Å². The molecule has 2 rings (SSSR count). The molecule has 0 atom stereocenters. The molecule has 0 aliphatic rings. The highest BCUT2D eigenvalue weighted by molar-refractivity contribution is 8.03. The summed E-state index contributed by atoms with van der Waals surface area (Å²) in [6.45, 7) is 8.05. The van der Waals surface area contributed by atoms with Crippen molar-refractivity contribution in [2.75, 3.05) is 11.1 Å². The monoisotopic (exact) mass is 357 g/mol. The van der Waals surface area contributed by atoms with Crippen molar-refractivity contribution in [1.29, 1.82) is 0 Å². The van der Waals surface area contributed by atoms with Gasteiger partial charge in [-0.15, -0.1) is 10.2 Å². The van der Waals surface area contributed by atoms with Gasteiger partial charge in [0.25, 0.3) is 0 Å². The molecule has 6 nitrogen and oxygen atoms in total. The summed E-state index contributed by atoms with van der Waals surface area (Å²) in [7, 11) is 1.86. The van der Waals surface area contributed by atoms with Gasteiger partial charge in [-0.05, 0) is 13.8 Å². The van der Waals surface area contributed by atoms with E-state index in [-0.39, 0.29) is 5.91 Å². The van der Waals surface area contributed by atoms with Gasteiger partial charge in [-0.25, -0.2) is 0 Å². The normalized spacial score (nSPS) is 11.2. The Kier molecular flexibility index (Phi) is 5.87. The Morgan fingerprint density at radius 2 is 2.00 bits per heavy atom. The maximum absolute atomic E-state index is 12.1. The van der Waals surface area contributed by atoms with Crippen LogP contribution in [0.2, 0.25) is 0 Å². The van der Waals surface area contributed by atoms with Crippen LogP contribution in [0.25, 0.3) is 0 Å². The van der Waals surface area contributed by atoms with Crippen molar-refractivity contribution >= 4 is 46.5 Å². The molecular weight excluding hydrogens is 338 g/mol. The third kappa shape index (κ3) is 4.47. The quantitative estimate of drug-likeness (QED) is 0.801. The highest BCUT2D eigenvalue weighted by Gasteiger charge is 2.14. The number of carbonyl (C=O) groups is 1. The number of aryl methyl sites for hydroxylation is 2. The molecule has 1 N–H and O–H groups in total. The molecule has 120 valence electrons. The van der Waals surface area contributed by atoms with Gasteiger partial charge in [0.15, 0.2) is 8.68 Å². The van der Waals surface area contributed by atoms with Crippen molar-refractivity contribution in [1.82, 2.24) is 20.0 Å². The topological polar surface area (TPSA) is 72.7 Å². The first-order valence-electron chi connectivity index (χ1n) is 6.79. The zero-order valence-corrected chi connectivity index (χ0v) is 15.7. The smallest absolute Gasteiger partial charge is 0.234 e. The number of hydrogen-bond acceptors (Lipinski definition) is 7. The number of nitrogens with one attached hydrogen (secondary N) is 1. The van der Waals surface area contributed by atoms with Gasteiger partial charge < -0.3 is 5.32 Å². The number of nitrogens with zero attached hydrogens (tertiary/aromatic N) is 4. The number of carbonyl (C=O) groups excluding carboxylic acids is 1. The van der Waals surface area contributed by atoms with Gasteiger partial charge in [0.05, 0.1) is 22.8 Å². The van der Waals surface area contributed by atoms with Crippen molar-refractivity contribution in [3.63, 3.8) is 0 Å². The lowest BCUT2D eigenvalue weighted by molar-refractivity contribution is -0.113. The van der Waals surface area contributed by atoms with Crippen molar-refractivity contribution in [2.45, 2.75) is 41.6 Å². The molecule has 9 heteroatoms. The number of thioether (sulfide) groups is 2. The third-order valence-corrected chi connectivity index (χ3v) is 5.97. The standard InChI is InChI=1S/C13H19N5OS3/c1-7(2)21-13-16-15-12(22-13)20-6-10(19)14-11-8(3)17-18(5)9(11)4/h7H,6H2,1-5H3,(H,14,19). The molecule has 1 amide bonds. The first-order valence-corrected chi connectivity index (χ1v) is 9.48. The molecule has 0 saturated heterocycles. The van der Waals surface area contributed by atoms with Gasteiger partial charge >= 0.3 is 0 Å². The summed E-state index contributed by atoms with van der Waals surface area (Å²) in [4.78, 5) is 12.1. The fourth-order valence-corrected chi connectivity index (χ4v) is 4.81. The highest BCUT2D eigenvalue weighted by Crippen LogP contribution is 2.31. The van der Waals surface area contributed by atoms with Gasteiger partial charge in [0.1, 0.15) is 0 Å². The summed E-state index contributed by atoms with van der Waals surface area (Å²) in [6, 6.07) is 0. The lowest BCUT2D eigenvalue weighted by Crippen LogP contribution is -2.15. The molecule has 0 saturated carbocycles. The van der Waals surface area contributed by atoms with Crippen LogP contribution in [0.5, 0.6) is 0 Å². The molecule has 0 radical (unpaired) electrons. The summed E-state index contributed by atoms with van der Waals surface area (Å²) >= 11 is 4.62. The lowest BCUT2D eigenvalue weighted by atomic mass is 10.3. The van der Waals surface area contributed by atoms with E-state index in [1.807, 2.05) is 20.9 Å². The van der Waals surface area contributed by atoms with Gasteiger partial charge in [0, 0.05) is 12.3 Å². The van der Waals surface area contributed by atoms with E-state index in [4.69, 9.17) is 0 Å². The molecule has 2 aromatic rings. The van der Waals surface area contributed by atoms with Crippen molar-refractivity contribution in [2.24, 2.45) is 7.05 Å². The van der Waals surface area contributed by atoms with Crippen LogP contribution in [-0.2, 0) is 11.8 Å². The maximum Gasteiger partial charge on any atom is 0.234 e. The summed E-state index contributed by atoms with van der Waals surface area (Å²) < 4.78 is 3.52. The molecular formula is C13H19N5OS3. The van der Waals surface area contributed by atoms with E-state index in [2.05, 4.69) is 34.5 Å². The second-order valence-corrected chi connectivity index (χ2v) is 9.03. The Balaban J connectivity index is 1.89. The van der Waals surface area contributed by atoms with Crippen LogP contribution in [0.1, 0.15) is 25.2 Å². The SMILES string of the molecule is Cc1nn(C)c(C)c1NC(=O)CSc1nnc(SC(C)C)s1. The van der Waals surface area contributed by atoms with Crippen LogP contribution in [0.3, 0.4) is 0 Å². The Bertz CT molecular complexity index is 665. The van der Waals surface area contributed by atoms with Crippen LogP contribution in [0.15, 0.2) is 8.68 Å². The number of anilines is 1. The van der Waals surface area contributed by atoms with Gasteiger partial charge in [-0.2, -0.15) is 5.10 Å². The van der Waals surface area contributed by atoms with Gasteiger partial charge in [-0.1, -0.05) is 48.7 Å². The van der Waals surface area contributed by atoms with Crippen molar-refractivity contribution < 1.29 is 4.79 Å². The van der Waals surface area contributed by atoms with Crippen molar-refractivity contribution in [3.05, 3.63) is 11.4 Å².